The van der Waals surface area contributed by atoms with Crippen molar-refractivity contribution in [2.75, 3.05) is 32.8 Å². The minimum Gasteiger partial charge on any atom is -0.504 e. The van der Waals surface area contributed by atoms with E-state index in [4.69, 9.17) is 4.74 Å². The van der Waals surface area contributed by atoms with E-state index in [9.17, 15) is 23.4 Å². The lowest BCUT2D eigenvalue weighted by Gasteiger charge is -2.40. The highest BCUT2D eigenvalue weighted by Gasteiger charge is 2.31. The van der Waals surface area contributed by atoms with Gasteiger partial charge in [0.2, 0.25) is 9.84 Å². The van der Waals surface area contributed by atoms with Crippen LogP contribution >= 0.6 is 0 Å². The number of likely N-dealkylation sites (tertiary alicyclic amines) is 2. The number of carbonyl (C=O) groups is 1. The smallest absolute Gasteiger partial charge is 0.409 e. The molecule has 2 heterocycles. The average molecular weight is 531 g/mol. The number of phenolic OH excluding ortho intramolecular Hbond substituents is 2. The molecule has 0 aromatic heterocycles. The van der Waals surface area contributed by atoms with Crippen LogP contribution < -0.4 is 0 Å². The van der Waals surface area contributed by atoms with Gasteiger partial charge in [-0.15, -0.1) is 0 Å². The summed E-state index contributed by atoms with van der Waals surface area (Å²) in [6.45, 7) is 6.96. The number of phenols is 2. The molecule has 2 aromatic rings. The summed E-state index contributed by atoms with van der Waals surface area (Å²) in [5.74, 6) is 0.525. The van der Waals surface area contributed by atoms with Gasteiger partial charge >= 0.3 is 6.09 Å². The zero-order valence-corrected chi connectivity index (χ0v) is 22.3. The number of aromatic hydroxyl groups is 2. The van der Waals surface area contributed by atoms with Crippen LogP contribution in [0.3, 0.4) is 0 Å². The van der Waals surface area contributed by atoms with Crippen LogP contribution in [0.1, 0.15) is 51.0 Å². The highest BCUT2D eigenvalue weighted by Crippen LogP contribution is 2.34. The van der Waals surface area contributed by atoms with Gasteiger partial charge in [0.15, 0.2) is 11.5 Å². The van der Waals surface area contributed by atoms with Crippen molar-refractivity contribution < 1.29 is 28.2 Å². The molecule has 2 aliphatic rings. The molecule has 0 spiro atoms. The van der Waals surface area contributed by atoms with E-state index < -0.39 is 15.6 Å². The first-order valence-electron chi connectivity index (χ1n) is 13.3. The van der Waals surface area contributed by atoms with Crippen molar-refractivity contribution in [3.63, 3.8) is 0 Å². The van der Waals surface area contributed by atoms with E-state index in [1.54, 1.807) is 12.1 Å². The van der Waals surface area contributed by atoms with Crippen LogP contribution in [0.2, 0.25) is 0 Å². The first-order valence-corrected chi connectivity index (χ1v) is 14.8. The first kappa shape index (κ1) is 27.3. The molecular weight excluding hydrogens is 492 g/mol. The predicted molar refractivity (Wildman–Crippen MR) is 140 cm³/mol. The second-order valence-electron chi connectivity index (χ2n) is 10.2. The molecule has 2 aliphatic heterocycles. The molecule has 37 heavy (non-hydrogen) atoms. The molecule has 0 unspecified atom stereocenters. The van der Waals surface area contributed by atoms with Gasteiger partial charge in [-0.25, -0.2) is 13.2 Å². The minimum atomic E-state index is -3.78. The molecule has 9 heteroatoms. The van der Waals surface area contributed by atoms with Gasteiger partial charge in [0, 0.05) is 25.7 Å². The number of hydrogen-bond donors (Lipinski definition) is 2. The maximum atomic E-state index is 12.9. The Hall–Kier alpha value is -2.78. The Labute approximate surface area is 219 Å². The van der Waals surface area contributed by atoms with E-state index in [1.165, 1.54) is 12.1 Å². The van der Waals surface area contributed by atoms with Crippen molar-refractivity contribution in [2.45, 2.75) is 61.8 Å². The van der Waals surface area contributed by atoms with Crippen LogP contribution in [0, 0.1) is 11.8 Å². The highest BCUT2D eigenvalue weighted by atomic mass is 32.2. The third kappa shape index (κ3) is 6.76. The van der Waals surface area contributed by atoms with Crippen LogP contribution in [0.25, 0.3) is 0 Å². The van der Waals surface area contributed by atoms with Crippen molar-refractivity contribution in [3.05, 3.63) is 48.0 Å². The zero-order valence-electron chi connectivity index (χ0n) is 21.5. The fourth-order valence-electron chi connectivity index (χ4n) is 5.37. The summed E-state index contributed by atoms with van der Waals surface area (Å²) in [4.78, 5) is 16.6. The molecule has 2 N–H and O–H groups in total. The number of sulfone groups is 1. The van der Waals surface area contributed by atoms with Gasteiger partial charge in [-0.2, -0.15) is 0 Å². The molecule has 4 rings (SSSR count). The van der Waals surface area contributed by atoms with Crippen LogP contribution in [-0.4, -0.2) is 67.3 Å². The van der Waals surface area contributed by atoms with E-state index in [2.05, 4.69) is 11.8 Å². The molecule has 0 saturated carbocycles. The van der Waals surface area contributed by atoms with Crippen LogP contribution in [0.15, 0.2) is 52.3 Å². The topological polar surface area (TPSA) is 107 Å². The zero-order chi connectivity index (χ0) is 26.4. The average Bonchev–Trinajstić information content (AvgIpc) is 2.91. The Kier molecular flexibility index (Phi) is 8.97. The van der Waals surface area contributed by atoms with Crippen molar-refractivity contribution >= 4 is 15.9 Å². The molecule has 2 aromatic carbocycles. The second kappa shape index (κ2) is 12.2. The number of nitrogens with zero attached hydrogens (tertiary/aromatic N) is 2. The molecule has 2 saturated heterocycles. The molecule has 202 valence electrons. The van der Waals surface area contributed by atoms with E-state index >= 15 is 0 Å². The number of carbonyl (C=O) groups excluding carboxylic acids is 1. The van der Waals surface area contributed by atoms with E-state index in [0.29, 0.717) is 18.4 Å². The van der Waals surface area contributed by atoms with Gasteiger partial charge in [-0.05, 0) is 86.9 Å². The number of ether oxygens (including phenoxy) is 1. The third-order valence-corrected chi connectivity index (χ3v) is 9.48. The lowest BCUT2D eigenvalue weighted by atomic mass is 9.79. The van der Waals surface area contributed by atoms with E-state index in [-0.39, 0.29) is 21.6 Å². The number of unbranched alkanes of at least 4 members (excludes halogenated alkanes) is 1. The largest absolute Gasteiger partial charge is 0.504 e. The summed E-state index contributed by atoms with van der Waals surface area (Å²) in [5.41, 5.74) is 1.06. The number of amides is 1. The van der Waals surface area contributed by atoms with Crippen molar-refractivity contribution in [1.82, 2.24) is 9.80 Å². The van der Waals surface area contributed by atoms with Crippen LogP contribution in [0.5, 0.6) is 11.5 Å². The normalized spacial score (nSPS) is 18.1. The maximum absolute atomic E-state index is 12.9. The van der Waals surface area contributed by atoms with Crippen LogP contribution in [-0.2, 0) is 21.1 Å². The van der Waals surface area contributed by atoms with Crippen LogP contribution in [0.4, 0.5) is 4.79 Å². The Bertz CT molecular complexity index is 1150. The summed E-state index contributed by atoms with van der Waals surface area (Å²) >= 11 is 0. The van der Waals surface area contributed by atoms with Crippen molar-refractivity contribution in [2.24, 2.45) is 11.8 Å². The summed E-state index contributed by atoms with van der Waals surface area (Å²) in [7, 11) is -3.78. The minimum absolute atomic E-state index is 0.0585. The Balaban J connectivity index is 1.24. The van der Waals surface area contributed by atoms with Gasteiger partial charge in [-0.3, -0.25) is 4.90 Å². The summed E-state index contributed by atoms with van der Waals surface area (Å²) in [5, 5.41) is 19.1. The second-order valence-corrected chi connectivity index (χ2v) is 12.2. The monoisotopic (exact) mass is 530 g/mol. The lowest BCUT2D eigenvalue weighted by molar-refractivity contribution is 0.0671. The first-order chi connectivity index (χ1) is 17.8. The number of benzene rings is 2. The number of piperidine rings is 2. The van der Waals surface area contributed by atoms with Gasteiger partial charge < -0.3 is 19.8 Å². The number of rotatable bonds is 8. The van der Waals surface area contributed by atoms with Crippen molar-refractivity contribution in [3.8, 4) is 11.5 Å². The quantitative estimate of drug-likeness (QED) is 0.373. The Morgan fingerprint density at radius 3 is 2.08 bits per heavy atom. The molecule has 0 bridgehead atoms. The summed E-state index contributed by atoms with van der Waals surface area (Å²) in [6.07, 6.45) is 6.14. The Morgan fingerprint density at radius 2 is 1.49 bits per heavy atom. The highest BCUT2D eigenvalue weighted by molar-refractivity contribution is 7.91. The number of hydrogen-bond acceptors (Lipinski definition) is 7. The van der Waals surface area contributed by atoms with Gasteiger partial charge in [0.1, 0.15) is 0 Å². The maximum Gasteiger partial charge on any atom is 0.409 e. The fraction of sp³-hybridized carbons (Fsp3) is 0.536. The fourth-order valence-corrected chi connectivity index (χ4v) is 6.65. The molecule has 0 radical (unpaired) electrons. The SMILES string of the molecule is CCCCOC(=O)N1CCC(C2CCN(Cc3ccc(S(=O)(=O)c4ccc(O)c(O)c4)cc3)CC2)CC1. The van der Waals surface area contributed by atoms with E-state index in [1.807, 2.05) is 17.0 Å². The van der Waals surface area contributed by atoms with Gasteiger partial charge in [-0.1, -0.05) is 25.5 Å². The molecule has 0 aliphatic carbocycles. The molecule has 8 nitrogen and oxygen atoms in total. The summed E-state index contributed by atoms with van der Waals surface area (Å²) < 4.78 is 31.1. The molecule has 0 atom stereocenters. The van der Waals surface area contributed by atoms with Gasteiger partial charge in [0.25, 0.3) is 0 Å². The molecule has 2 fully saturated rings. The van der Waals surface area contributed by atoms with E-state index in [0.717, 1.165) is 82.9 Å². The molecular formula is C28H38N2O6S. The Morgan fingerprint density at radius 1 is 0.892 bits per heavy atom. The standard InChI is InChI=1S/C28H38N2O6S/c1-2-3-18-36-28(33)30-16-12-23(13-17-30)22-10-14-29(15-11-22)20-21-4-6-24(7-5-21)37(34,35)25-8-9-26(31)27(32)19-25/h4-9,19,22-23,31-32H,2-3,10-18,20H2,1H3. The lowest BCUT2D eigenvalue weighted by Crippen LogP contribution is -2.42. The molecule has 1 amide bonds. The third-order valence-electron chi connectivity index (χ3n) is 7.72. The summed E-state index contributed by atoms with van der Waals surface area (Å²) in [6, 6.07) is 10.4. The van der Waals surface area contributed by atoms with Crippen molar-refractivity contribution in [1.29, 1.82) is 0 Å². The predicted octanol–water partition coefficient (Wildman–Crippen LogP) is 4.79. The van der Waals surface area contributed by atoms with Gasteiger partial charge in [0.05, 0.1) is 16.4 Å².